The zero-order valence-corrected chi connectivity index (χ0v) is 9.14. The minimum atomic E-state index is 0.474. The van der Waals surface area contributed by atoms with Crippen molar-refractivity contribution in [2.45, 2.75) is 4.90 Å². The highest BCUT2D eigenvalue weighted by atomic mass is 32.2. The summed E-state index contributed by atoms with van der Waals surface area (Å²) in [5.41, 5.74) is 6.33. The van der Waals surface area contributed by atoms with Gasteiger partial charge in [-0.2, -0.15) is 0 Å². The predicted molar refractivity (Wildman–Crippen MR) is 61.9 cm³/mol. The number of rotatable bonds is 5. The van der Waals surface area contributed by atoms with Gasteiger partial charge in [-0.1, -0.05) is 18.7 Å². The summed E-state index contributed by atoms with van der Waals surface area (Å²) in [5.74, 6) is 0.898. The van der Waals surface area contributed by atoms with Gasteiger partial charge < -0.3 is 10.5 Å². The molecule has 0 saturated heterocycles. The molecule has 0 amide bonds. The number of hydrogen-bond donors (Lipinski definition) is 1. The lowest BCUT2D eigenvalue weighted by Gasteiger charge is -2.10. The fraction of sp³-hybridized carbons (Fsp3) is 0.273. The first kappa shape index (κ1) is 11.1. The van der Waals surface area contributed by atoms with Crippen LogP contribution in [-0.4, -0.2) is 19.4 Å². The lowest BCUT2D eigenvalue weighted by molar-refractivity contribution is 0.343. The smallest absolute Gasteiger partial charge is 0.133 e. The first-order valence-corrected chi connectivity index (χ1v) is 5.63. The molecular formula is C11H15NOS. The zero-order chi connectivity index (χ0) is 10.4. The van der Waals surface area contributed by atoms with Crippen molar-refractivity contribution in [3.05, 3.63) is 36.4 Å². The number of nitrogens with two attached hydrogens (primary N) is 1. The van der Waals surface area contributed by atoms with Gasteiger partial charge >= 0.3 is 0 Å². The van der Waals surface area contributed by atoms with Gasteiger partial charge in [-0.15, -0.1) is 11.8 Å². The second kappa shape index (κ2) is 5.73. The normalized spacial score (nSPS) is 9.86. The topological polar surface area (TPSA) is 35.2 Å². The summed E-state index contributed by atoms with van der Waals surface area (Å²) in [6.07, 6.45) is 2.03. The standard InChI is InChI=1S/C11H15NOS/c1-9(7-12)8-13-10-5-3-4-6-11(10)14-2/h3-6H,1,7-8,12H2,2H3. The molecule has 0 radical (unpaired) electrons. The van der Waals surface area contributed by atoms with E-state index in [0.29, 0.717) is 13.2 Å². The molecule has 1 rings (SSSR count). The fourth-order valence-electron chi connectivity index (χ4n) is 0.977. The van der Waals surface area contributed by atoms with E-state index >= 15 is 0 Å². The van der Waals surface area contributed by atoms with Crippen LogP contribution in [0.4, 0.5) is 0 Å². The third-order valence-corrected chi connectivity index (χ3v) is 2.57. The third-order valence-electron chi connectivity index (χ3n) is 1.79. The minimum absolute atomic E-state index is 0.474. The van der Waals surface area contributed by atoms with Crippen LogP contribution in [0.15, 0.2) is 41.3 Å². The average Bonchev–Trinajstić information content (AvgIpc) is 2.26. The summed E-state index contributed by atoms with van der Waals surface area (Å²) >= 11 is 1.67. The summed E-state index contributed by atoms with van der Waals surface area (Å²) in [5, 5.41) is 0. The van der Waals surface area contributed by atoms with Gasteiger partial charge in [0.1, 0.15) is 12.4 Å². The Hall–Kier alpha value is -0.930. The summed E-state index contributed by atoms with van der Waals surface area (Å²) in [4.78, 5) is 1.14. The van der Waals surface area contributed by atoms with Crippen LogP contribution < -0.4 is 10.5 Å². The maximum atomic E-state index is 5.58. The molecule has 0 atom stereocenters. The van der Waals surface area contributed by atoms with E-state index in [0.717, 1.165) is 16.2 Å². The molecule has 0 unspecified atom stereocenters. The number of ether oxygens (including phenoxy) is 1. The molecule has 1 aromatic carbocycles. The number of hydrogen-bond acceptors (Lipinski definition) is 3. The Morgan fingerprint density at radius 2 is 2.21 bits per heavy atom. The zero-order valence-electron chi connectivity index (χ0n) is 8.32. The molecule has 0 spiro atoms. The first-order valence-electron chi connectivity index (χ1n) is 4.40. The van der Waals surface area contributed by atoms with Crippen LogP contribution in [-0.2, 0) is 0 Å². The van der Waals surface area contributed by atoms with E-state index in [9.17, 15) is 0 Å². The minimum Gasteiger partial charge on any atom is -0.488 e. The molecule has 0 heterocycles. The highest BCUT2D eigenvalue weighted by Crippen LogP contribution is 2.26. The second-order valence-corrected chi connectivity index (χ2v) is 3.74. The van der Waals surface area contributed by atoms with Gasteiger partial charge in [-0.3, -0.25) is 0 Å². The Labute approximate surface area is 89.1 Å². The van der Waals surface area contributed by atoms with Crippen LogP contribution in [0.2, 0.25) is 0 Å². The molecule has 0 saturated carbocycles. The van der Waals surface area contributed by atoms with Crippen molar-refractivity contribution in [1.82, 2.24) is 0 Å². The van der Waals surface area contributed by atoms with Crippen LogP contribution in [0.25, 0.3) is 0 Å². The van der Waals surface area contributed by atoms with Crippen molar-refractivity contribution in [3.63, 3.8) is 0 Å². The van der Waals surface area contributed by atoms with Gasteiger partial charge in [-0.25, -0.2) is 0 Å². The molecule has 0 aromatic heterocycles. The quantitative estimate of drug-likeness (QED) is 0.597. The van der Waals surface area contributed by atoms with Gasteiger partial charge in [0.25, 0.3) is 0 Å². The summed E-state index contributed by atoms with van der Waals surface area (Å²) in [6.45, 7) is 4.75. The van der Waals surface area contributed by atoms with Crippen molar-refractivity contribution < 1.29 is 4.74 Å². The van der Waals surface area contributed by atoms with Crippen LogP contribution in [0, 0.1) is 0 Å². The van der Waals surface area contributed by atoms with E-state index in [1.807, 2.05) is 30.5 Å². The highest BCUT2D eigenvalue weighted by Gasteiger charge is 2.01. The Kier molecular flexibility index (Phi) is 4.56. The fourth-order valence-corrected chi connectivity index (χ4v) is 1.52. The van der Waals surface area contributed by atoms with Crippen LogP contribution >= 0.6 is 11.8 Å². The number of para-hydroxylation sites is 1. The van der Waals surface area contributed by atoms with Gasteiger partial charge in [0, 0.05) is 11.4 Å². The largest absolute Gasteiger partial charge is 0.488 e. The Bertz CT molecular complexity index is 312. The molecule has 2 N–H and O–H groups in total. The molecule has 2 nitrogen and oxygen atoms in total. The molecule has 14 heavy (non-hydrogen) atoms. The summed E-state index contributed by atoms with van der Waals surface area (Å²) in [6, 6.07) is 7.94. The van der Waals surface area contributed by atoms with Crippen LogP contribution in [0.5, 0.6) is 5.75 Å². The van der Waals surface area contributed by atoms with E-state index in [-0.39, 0.29) is 0 Å². The van der Waals surface area contributed by atoms with Crippen molar-refractivity contribution in [3.8, 4) is 5.75 Å². The molecule has 0 aliphatic carbocycles. The third kappa shape index (κ3) is 3.09. The highest BCUT2D eigenvalue weighted by molar-refractivity contribution is 7.98. The van der Waals surface area contributed by atoms with Crippen molar-refractivity contribution in [2.24, 2.45) is 5.73 Å². The molecule has 0 bridgehead atoms. The maximum Gasteiger partial charge on any atom is 0.133 e. The molecule has 76 valence electrons. The molecule has 3 heteroatoms. The van der Waals surface area contributed by atoms with Gasteiger partial charge in [0.15, 0.2) is 0 Å². The van der Waals surface area contributed by atoms with E-state index in [4.69, 9.17) is 10.5 Å². The second-order valence-electron chi connectivity index (χ2n) is 2.89. The van der Waals surface area contributed by atoms with E-state index in [2.05, 4.69) is 6.58 Å². The van der Waals surface area contributed by atoms with Crippen LogP contribution in [0.1, 0.15) is 0 Å². The van der Waals surface area contributed by atoms with Crippen molar-refractivity contribution in [2.75, 3.05) is 19.4 Å². The molecular weight excluding hydrogens is 194 g/mol. The average molecular weight is 209 g/mol. The van der Waals surface area contributed by atoms with E-state index in [1.165, 1.54) is 0 Å². The van der Waals surface area contributed by atoms with Gasteiger partial charge in [-0.05, 0) is 24.0 Å². The summed E-state index contributed by atoms with van der Waals surface area (Å²) in [7, 11) is 0. The van der Waals surface area contributed by atoms with Crippen molar-refractivity contribution >= 4 is 11.8 Å². The molecule has 0 fully saturated rings. The molecule has 0 aliphatic rings. The lowest BCUT2D eigenvalue weighted by atomic mass is 10.3. The number of thioether (sulfide) groups is 1. The van der Waals surface area contributed by atoms with Crippen molar-refractivity contribution in [1.29, 1.82) is 0 Å². The summed E-state index contributed by atoms with van der Waals surface area (Å²) < 4.78 is 5.58. The van der Waals surface area contributed by atoms with E-state index in [1.54, 1.807) is 11.8 Å². The molecule has 0 aliphatic heterocycles. The van der Waals surface area contributed by atoms with Gasteiger partial charge in [0.05, 0.1) is 0 Å². The van der Waals surface area contributed by atoms with Crippen LogP contribution in [0.3, 0.4) is 0 Å². The predicted octanol–water partition coefficient (Wildman–Crippen LogP) is 2.30. The van der Waals surface area contributed by atoms with Gasteiger partial charge in [0.2, 0.25) is 0 Å². The molecule has 1 aromatic rings. The van der Waals surface area contributed by atoms with E-state index < -0.39 is 0 Å². The number of benzene rings is 1. The Balaban J connectivity index is 2.61. The first-order chi connectivity index (χ1) is 6.77. The lowest BCUT2D eigenvalue weighted by Crippen LogP contribution is -2.10. The monoisotopic (exact) mass is 209 g/mol. The Morgan fingerprint density at radius 1 is 1.50 bits per heavy atom. The SMILES string of the molecule is C=C(CN)COc1ccccc1SC. The Morgan fingerprint density at radius 3 is 2.86 bits per heavy atom. The maximum absolute atomic E-state index is 5.58.